The van der Waals surface area contributed by atoms with Gasteiger partial charge in [0.15, 0.2) is 11.5 Å². The van der Waals surface area contributed by atoms with Gasteiger partial charge in [0.1, 0.15) is 13.2 Å². The Hall–Kier alpha value is -3.03. The largest absolute Gasteiger partial charge is 0.486 e. The molecule has 0 radical (unpaired) electrons. The molecular formula is C25H28ClN3O4. The quantitative estimate of drug-likeness (QED) is 0.656. The Bertz CT molecular complexity index is 1050. The topological polar surface area (TPSA) is 71.1 Å². The van der Waals surface area contributed by atoms with Crippen molar-refractivity contribution in [1.29, 1.82) is 0 Å². The second-order valence-corrected chi connectivity index (χ2v) is 8.43. The van der Waals surface area contributed by atoms with E-state index in [-0.39, 0.29) is 11.8 Å². The van der Waals surface area contributed by atoms with Crippen molar-refractivity contribution in [2.45, 2.75) is 13.3 Å². The van der Waals surface area contributed by atoms with Gasteiger partial charge in [0.25, 0.3) is 0 Å². The second-order valence-electron chi connectivity index (χ2n) is 8.02. The highest BCUT2D eigenvalue weighted by Gasteiger charge is 2.22. The van der Waals surface area contributed by atoms with Crippen molar-refractivity contribution in [1.82, 2.24) is 9.80 Å². The average molecular weight is 470 g/mol. The van der Waals surface area contributed by atoms with Crippen LogP contribution in [0, 0.1) is 0 Å². The first-order valence-corrected chi connectivity index (χ1v) is 11.6. The number of aryl methyl sites for hydroxylation is 1. The SMILES string of the molecule is CCc1ccccc1NC(=O)CN1CCN(C(=O)C=Cc2cc(Cl)c3c(c2)OCCO3)CC1. The van der Waals surface area contributed by atoms with Crippen molar-refractivity contribution >= 4 is 35.2 Å². The number of rotatable bonds is 6. The number of anilines is 1. The minimum absolute atomic E-state index is 0.0361. The normalized spacial score (nSPS) is 16.1. The standard InChI is InChI=1S/C25H28ClN3O4/c1-2-19-5-3-4-6-21(19)27-23(30)17-28-9-11-29(12-10-28)24(31)8-7-18-15-20(26)25-22(16-18)32-13-14-33-25/h3-8,15-16H,2,9-14,17H2,1H3,(H,27,30). The molecule has 2 aromatic carbocycles. The number of piperazine rings is 1. The first-order chi connectivity index (χ1) is 16.0. The predicted octanol–water partition coefficient (Wildman–Crippen LogP) is 3.47. The molecule has 0 atom stereocenters. The number of hydrogen-bond donors (Lipinski definition) is 1. The molecule has 0 bridgehead atoms. The van der Waals surface area contributed by atoms with Crippen LogP contribution >= 0.6 is 11.6 Å². The summed E-state index contributed by atoms with van der Waals surface area (Å²) in [6, 6.07) is 11.4. The number of para-hydroxylation sites is 1. The van der Waals surface area contributed by atoms with Gasteiger partial charge in [-0.05, 0) is 41.8 Å². The molecular weight excluding hydrogens is 442 g/mol. The molecule has 1 fully saturated rings. The number of nitrogens with one attached hydrogen (secondary N) is 1. The van der Waals surface area contributed by atoms with Crippen molar-refractivity contribution in [2.24, 2.45) is 0 Å². The molecule has 174 valence electrons. The van der Waals surface area contributed by atoms with Crippen LogP contribution in [0.25, 0.3) is 6.08 Å². The predicted molar refractivity (Wildman–Crippen MR) is 129 cm³/mol. The smallest absolute Gasteiger partial charge is 0.246 e. The Morgan fingerprint density at radius 1 is 1.09 bits per heavy atom. The third-order valence-corrected chi connectivity index (χ3v) is 6.04. The molecule has 0 unspecified atom stereocenters. The van der Waals surface area contributed by atoms with Gasteiger partial charge in [0.05, 0.1) is 11.6 Å². The highest BCUT2D eigenvalue weighted by atomic mass is 35.5. The van der Waals surface area contributed by atoms with Crippen molar-refractivity contribution in [3.05, 3.63) is 58.6 Å². The van der Waals surface area contributed by atoms with E-state index in [9.17, 15) is 9.59 Å². The summed E-state index contributed by atoms with van der Waals surface area (Å²) in [4.78, 5) is 29.0. The molecule has 0 aliphatic carbocycles. The van der Waals surface area contributed by atoms with Crippen molar-refractivity contribution in [3.63, 3.8) is 0 Å². The average Bonchev–Trinajstić information content (AvgIpc) is 2.83. The molecule has 2 aliphatic heterocycles. The molecule has 8 heteroatoms. The van der Waals surface area contributed by atoms with Gasteiger partial charge in [-0.1, -0.05) is 36.7 Å². The highest BCUT2D eigenvalue weighted by molar-refractivity contribution is 6.32. The second kappa shape index (κ2) is 10.7. The summed E-state index contributed by atoms with van der Waals surface area (Å²) in [5.41, 5.74) is 2.76. The van der Waals surface area contributed by atoms with Crippen molar-refractivity contribution in [2.75, 3.05) is 51.3 Å². The van der Waals surface area contributed by atoms with Gasteiger partial charge in [-0.25, -0.2) is 0 Å². The van der Waals surface area contributed by atoms with Gasteiger partial charge >= 0.3 is 0 Å². The molecule has 0 aromatic heterocycles. The van der Waals surface area contributed by atoms with Crippen LogP contribution < -0.4 is 14.8 Å². The number of benzene rings is 2. The van der Waals surface area contributed by atoms with Gasteiger partial charge in [-0.15, -0.1) is 0 Å². The molecule has 1 saturated heterocycles. The third kappa shape index (κ3) is 5.86. The van der Waals surface area contributed by atoms with Crippen LogP contribution in [0.3, 0.4) is 0 Å². The highest BCUT2D eigenvalue weighted by Crippen LogP contribution is 2.38. The van der Waals surface area contributed by atoms with Crippen LogP contribution in [0.1, 0.15) is 18.1 Å². The molecule has 0 spiro atoms. The lowest BCUT2D eigenvalue weighted by Gasteiger charge is -2.33. The number of hydrogen-bond acceptors (Lipinski definition) is 5. The minimum Gasteiger partial charge on any atom is -0.486 e. The molecule has 0 saturated carbocycles. The molecule has 2 aromatic rings. The van der Waals surface area contributed by atoms with E-state index in [2.05, 4.69) is 17.1 Å². The van der Waals surface area contributed by atoms with Gasteiger partial charge in [0.2, 0.25) is 11.8 Å². The van der Waals surface area contributed by atoms with Crippen LogP contribution in [0.4, 0.5) is 5.69 Å². The summed E-state index contributed by atoms with van der Waals surface area (Å²) >= 11 is 6.26. The molecule has 2 aliphatic rings. The number of carbonyl (C=O) groups is 2. The van der Waals surface area contributed by atoms with Crippen molar-refractivity contribution in [3.8, 4) is 11.5 Å². The molecule has 2 amide bonds. The zero-order valence-electron chi connectivity index (χ0n) is 18.7. The lowest BCUT2D eigenvalue weighted by molar-refractivity contribution is -0.127. The van der Waals surface area contributed by atoms with Crippen LogP contribution in [0.5, 0.6) is 11.5 Å². The Kier molecular flexibility index (Phi) is 7.52. The molecule has 4 rings (SSSR count). The number of ether oxygens (including phenoxy) is 2. The van der Waals surface area contributed by atoms with Crippen LogP contribution in [-0.4, -0.2) is 67.6 Å². The fourth-order valence-electron chi connectivity index (χ4n) is 3.97. The molecule has 33 heavy (non-hydrogen) atoms. The van der Waals surface area contributed by atoms with Crippen molar-refractivity contribution < 1.29 is 19.1 Å². The lowest BCUT2D eigenvalue weighted by atomic mass is 10.1. The maximum absolute atomic E-state index is 12.6. The van der Waals surface area contributed by atoms with Gasteiger partial charge in [-0.2, -0.15) is 0 Å². The summed E-state index contributed by atoms with van der Waals surface area (Å²) in [5.74, 6) is 1.03. The third-order valence-electron chi connectivity index (χ3n) is 5.76. The van der Waals surface area contributed by atoms with E-state index >= 15 is 0 Å². The van der Waals surface area contributed by atoms with E-state index in [1.807, 2.05) is 30.3 Å². The maximum Gasteiger partial charge on any atom is 0.246 e. The number of carbonyl (C=O) groups excluding carboxylic acids is 2. The molecule has 1 N–H and O–H groups in total. The Morgan fingerprint density at radius 3 is 2.64 bits per heavy atom. The molecule has 7 nitrogen and oxygen atoms in total. The van der Waals surface area contributed by atoms with Gasteiger partial charge in [0, 0.05) is 37.9 Å². The Morgan fingerprint density at radius 2 is 1.85 bits per heavy atom. The maximum atomic E-state index is 12.6. The number of fused-ring (bicyclic) bond motifs is 1. The van der Waals surface area contributed by atoms with E-state index in [4.69, 9.17) is 21.1 Å². The first-order valence-electron chi connectivity index (χ1n) is 11.2. The summed E-state index contributed by atoms with van der Waals surface area (Å²) < 4.78 is 11.1. The minimum atomic E-state index is -0.0676. The lowest BCUT2D eigenvalue weighted by Crippen LogP contribution is -2.50. The Labute approximate surface area is 198 Å². The summed E-state index contributed by atoms with van der Waals surface area (Å²) in [6.45, 7) is 5.77. The van der Waals surface area contributed by atoms with E-state index in [0.717, 1.165) is 23.2 Å². The first kappa shape index (κ1) is 23.1. The summed E-state index contributed by atoms with van der Waals surface area (Å²) in [6.07, 6.45) is 4.15. The zero-order valence-corrected chi connectivity index (χ0v) is 19.4. The van der Waals surface area contributed by atoms with E-state index in [0.29, 0.717) is 62.5 Å². The monoisotopic (exact) mass is 469 g/mol. The summed E-state index contributed by atoms with van der Waals surface area (Å²) in [7, 11) is 0. The fourth-order valence-corrected chi connectivity index (χ4v) is 4.24. The molecule has 2 heterocycles. The number of amides is 2. The van der Waals surface area contributed by atoms with Gasteiger partial charge in [-0.3, -0.25) is 14.5 Å². The Balaban J connectivity index is 1.27. The number of halogens is 1. The van der Waals surface area contributed by atoms with E-state index in [1.165, 1.54) is 0 Å². The fraction of sp³-hybridized carbons (Fsp3) is 0.360. The van der Waals surface area contributed by atoms with Gasteiger partial charge < -0.3 is 19.7 Å². The van der Waals surface area contributed by atoms with E-state index in [1.54, 1.807) is 23.1 Å². The zero-order chi connectivity index (χ0) is 23.2. The van der Waals surface area contributed by atoms with Crippen LogP contribution in [0.15, 0.2) is 42.5 Å². The van der Waals surface area contributed by atoms with E-state index < -0.39 is 0 Å². The van der Waals surface area contributed by atoms with Crippen LogP contribution in [0.2, 0.25) is 5.02 Å². The van der Waals surface area contributed by atoms with Crippen LogP contribution in [-0.2, 0) is 16.0 Å². The number of nitrogens with zero attached hydrogens (tertiary/aromatic N) is 2. The summed E-state index contributed by atoms with van der Waals surface area (Å²) in [5, 5.41) is 3.47.